The molecule has 0 bridgehead atoms. The molecule has 4 atom stereocenters. The summed E-state index contributed by atoms with van der Waals surface area (Å²) in [6.45, 7) is 5.26. The number of carbonyl (C=O) groups is 4. The van der Waals surface area contributed by atoms with Gasteiger partial charge in [0.2, 0.25) is 0 Å². The van der Waals surface area contributed by atoms with Crippen LogP contribution >= 0.6 is 11.8 Å². The number of ether oxygens (including phenoxy) is 5. The van der Waals surface area contributed by atoms with Gasteiger partial charge in [-0.05, 0) is 31.0 Å². The van der Waals surface area contributed by atoms with Crippen molar-refractivity contribution in [2.45, 2.75) is 64.6 Å². The molecule has 0 aromatic heterocycles. The maximum Gasteiger partial charge on any atom is 0.509 e. The third-order valence-corrected chi connectivity index (χ3v) is 4.02. The Hall–Kier alpha value is -2.55. The molecule has 14 heteroatoms. The summed E-state index contributed by atoms with van der Waals surface area (Å²) in [6.07, 6.45) is -5.62. The molecule has 1 aliphatic rings. The van der Waals surface area contributed by atoms with Crippen LogP contribution in [0.2, 0.25) is 0 Å². The quantitative estimate of drug-likeness (QED) is 0.200. The fourth-order valence-corrected chi connectivity index (χ4v) is 2.82. The van der Waals surface area contributed by atoms with Crippen molar-refractivity contribution >= 4 is 35.1 Å². The normalized spacial score (nSPS) is 23.0. The van der Waals surface area contributed by atoms with E-state index in [1.54, 1.807) is 13.8 Å². The molecule has 0 spiro atoms. The number of thioether (sulfide) groups is 1. The van der Waals surface area contributed by atoms with Gasteiger partial charge in [-0.1, -0.05) is 0 Å². The largest absolute Gasteiger partial charge is 0.509 e. The van der Waals surface area contributed by atoms with E-state index in [4.69, 9.17) is 35.2 Å². The molecule has 1 heterocycles. The highest BCUT2D eigenvalue weighted by molar-refractivity contribution is 8.16. The first-order valence-corrected chi connectivity index (χ1v) is 10.1. The zero-order valence-electron chi connectivity index (χ0n) is 17.6. The van der Waals surface area contributed by atoms with Crippen LogP contribution in [0.25, 0.3) is 0 Å². The molecular weight excluding hydrogens is 436 g/mol. The average Bonchev–Trinajstić information content (AvgIpc) is 2.92. The van der Waals surface area contributed by atoms with Gasteiger partial charge in [0.15, 0.2) is 18.4 Å². The maximum atomic E-state index is 12.2. The Kier molecular flexibility index (Phi) is 11.1. The molecule has 1 amide bonds. The number of hydrogen-bond donors (Lipinski definition) is 4. The van der Waals surface area contributed by atoms with Crippen molar-refractivity contribution in [3.63, 3.8) is 0 Å². The number of amides is 1. The lowest BCUT2D eigenvalue weighted by Gasteiger charge is -2.24. The Morgan fingerprint density at radius 3 is 2.32 bits per heavy atom. The van der Waals surface area contributed by atoms with Crippen molar-refractivity contribution in [3.8, 4) is 0 Å². The van der Waals surface area contributed by atoms with E-state index in [-0.39, 0.29) is 6.61 Å². The van der Waals surface area contributed by atoms with Crippen LogP contribution in [0.4, 0.5) is 9.59 Å². The standard InChI is InChI=1S/C17H28N4O9S/c1-8(2)27-17(25)30-13-12(28-10(4)23)11(7-26-9(3)22)29-14(13)21-16(24)31-6-5-20-15(18)19/h5-6,8,11-15,20H,7,18-19H2,1-4H3,(H,21,24)/b6-5+/t11-,12+,13-,14-/m1/s1. The fraction of sp³-hybridized carbons (Fsp3) is 0.647. The van der Waals surface area contributed by atoms with Crippen molar-refractivity contribution in [1.82, 2.24) is 10.6 Å². The number of nitrogens with one attached hydrogen (secondary N) is 2. The van der Waals surface area contributed by atoms with E-state index in [9.17, 15) is 19.2 Å². The number of rotatable bonds is 9. The number of carbonyl (C=O) groups excluding carboxylic acids is 4. The van der Waals surface area contributed by atoms with Gasteiger partial charge in [-0.25, -0.2) is 4.79 Å². The molecule has 0 aliphatic carbocycles. The predicted molar refractivity (Wildman–Crippen MR) is 108 cm³/mol. The van der Waals surface area contributed by atoms with Crippen LogP contribution in [0.1, 0.15) is 27.7 Å². The average molecular weight is 464 g/mol. The molecule has 0 unspecified atom stereocenters. The highest BCUT2D eigenvalue weighted by Gasteiger charge is 2.51. The number of nitrogens with two attached hydrogens (primary N) is 2. The highest BCUT2D eigenvalue weighted by atomic mass is 32.2. The molecule has 13 nitrogen and oxygen atoms in total. The van der Waals surface area contributed by atoms with E-state index in [2.05, 4.69) is 10.6 Å². The molecule has 176 valence electrons. The summed E-state index contributed by atoms with van der Waals surface area (Å²) >= 11 is 0.722. The van der Waals surface area contributed by atoms with Crippen LogP contribution in [0.3, 0.4) is 0 Å². The Morgan fingerprint density at radius 1 is 1.10 bits per heavy atom. The SMILES string of the molecule is CC(=O)OC[C@H]1O[C@@H](NC(=O)S/C=C/NC(N)N)[C@H](OC(=O)OC(C)C)[C@H]1OC(C)=O. The van der Waals surface area contributed by atoms with E-state index in [0.717, 1.165) is 18.7 Å². The Morgan fingerprint density at radius 2 is 1.77 bits per heavy atom. The van der Waals surface area contributed by atoms with Gasteiger partial charge in [0.05, 0.1) is 6.10 Å². The van der Waals surface area contributed by atoms with Gasteiger partial charge < -0.3 is 34.3 Å². The molecule has 6 N–H and O–H groups in total. The van der Waals surface area contributed by atoms with Crippen molar-refractivity contribution in [1.29, 1.82) is 0 Å². The van der Waals surface area contributed by atoms with Crippen LogP contribution in [0.5, 0.6) is 0 Å². The summed E-state index contributed by atoms with van der Waals surface area (Å²) in [4.78, 5) is 47.0. The molecule has 1 fully saturated rings. The molecular formula is C17H28N4O9S. The zero-order valence-corrected chi connectivity index (χ0v) is 18.4. The fourth-order valence-electron chi connectivity index (χ4n) is 2.37. The van der Waals surface area contributed by atoms with Crippen molar-refractivity contribution in [3.05, 3.63) is 11.6 Å². The monoisotopic (exact) mass is 464 g/mol. The smallest absolute Gasteiger partial charge is 0.463 e. The topological polar surface area (TPSA) is 191 Å². The molecule has 31 heavy (non-hydrogen) atoms. The molecule has 0 aromatic rings. The Labute approximate surface area is 183 Å². The van der Waals surface area contributed by atoms with Gasteiger partial charge in [-0.3, -0.25) is 25.9 Å². The van der Waals surface area contributed by atoms with Crippen LogP contribution in [-0.2, 0) is 33.3 Å². The van der Waals surface area contributed by atoms with Crippen LogP contribution in [-0.4, -0.2) is 66.9 Å². The lowest BCUT2D eigenvalue weighted by molar-refractivity contribution is -0.158. The van der Waals surface area contributed by atoms with Crippen LogP contribution < -0.4 is 22.1 Å². The van der Waals surface area contributed by atoms with Gasteiger partial charge in [0.25, 0.3) is 5.24 Å². The van der Waals surface area contributed by atoms with Crippen LogP contribution in [0.15, 0.2) is 11.6 Å². The summed E-state index contributed by atoms with van der Waals surface area (Å²) in [5.74, 6) is -1.29. The molecule has 1 saturated heterocycles. The van der Waals surface area contributed by atoms with E-state index in [0.29, 0.717) is 0 Å². The van der Waals surface area contributed by atoms with Gasteiger partial charge in [-0.2, -0.15) is 0 Å². The summed E-state index contributed by atoms with van der Waals surface area (Å²) in [5, 5.41) is 5.84. The minimum atomic E-state index is -1.26. The lowest BCUT2D eigenvalue weighted by Crippen LogP contribution is -2.46. The summed E-state index contributed by atoms with van der Waals surface area (Å²) in [6, 6.07) is 0. The second-order valence-electron chi connectivity index (χ2n) is 6.52. The predicted octanol–water partition coefficient (Wildman–Crippen LogP) is -0.159. The first-order valence-electron chi connectivity index (χ1n) is 9.22. The first kappa shape index (κ1) is 26.5. The molecule has 1 rings (SSSR count). The van der Waals surface area contributed by atoms with Crippen molar-refractivity contribution in [2.75, 3.05) is 6.61 Å². The highest BCUT2D eigenvalue weighted by Crippen LogP contribution is 2.27. The van der Waals surface area contributed by atoms with Gasteiger partial charge in [0.1, 0.15) is 19.0 Å². The summed E-state index contributed by atoms with van der Waals surface area (Å²) in [5.41, 5.74) is 10.6. The first-order chi connectivity index (χ1) is 14.5. The second-order valence-corrected chi connectivity index (χ2v) is 7.39. The maximum absolute atomic E-state index is 12.2. The minimum absolute atomic E-state index is 0.301. The van der Waals surface area contributed by atoms with E-state index < -0.39 is 60.3 Å². The Bertz CT molecular complexity index is 674. The van der Waals surface area contributed by atoms with E-state index in [1.807, 2.05) is 0 Å². The third kappa shape index (κ3) is 10.3. The van der Waals surface area contributed by atoms with Crippen molar-refractivity contribution in [2.24, 2.45) is 11.5 Å². The molecule has 0 saturated carbocycles. The minimum Gasteiger partial charge on any atom is -0.463 e. The lowest BCUT2D eigenvalue weighted by atomic mass is 10.1. The van der Waals surface area contributed by atoms with Gasteiger partial charge in [0, 0.05) is 20.0 Å². The van der Waals surface area contributed by atoms with Gasteiger partial charge >= 0.3 is 18.1 Å². The zero-order chi connectivity index (χ0) is 23.6. The van der Waals surface area contributed by atoms with E-state index in [1.165, 1.54) is 18.5 Å². The van der Waals surface area contributed by atoms with Crippen LogP contribution in [0, 0.1) is 0 Å². The Balaban J connectivity index is 2.96. The molecule has 0 aromatic carbocycles. The molecule has 1 aliphatic heterocycles. The third-order valence-electron chi connectivity index (χ3n) is 3.42. The molecule has 0 radical (unpaired) electrons. The van der Waals surface area contributed by atoms with Gasteiger partial charge in [-0.15, -0.1) is 0 Å². The van der Waals surface area contributed by atoms with E-state index >= 15 is 0 Å². The van der Waals surface area contributed by atoms with Crippen molar-refractivity contribution < 1.29 is 42.9 Å². The second kappa shape index (κ2) is 13.0. The number of esters is 2. The summed E-state index contributed by atoms with van der Waals surface area (Å²) < 4.78 is 26.0. The number of hydrogen-bond acceptors (Lipinski definition) is 13. The summed E-state index contributed by atoms with van der Waals surface area (Å²) in [7, 11) is 0.